The molecule has 0 aliphatic carbocycles. The summed E-state index contributed by atoms with van der Waals surface area (Å²) < 4.78 is 59.5. The number of rotatable bonds is 8. The van der Waals surface area contributed by atoms with Gasteiger partial charge in [0.2, 0.25) is 12.0 Å². The van der Waals surface area contributed by atoms with Crippen molar-refractivity contribution in [1.29, 1.82) is 0 Å². The molecule has 0 spiro atoms. The average Bonchev–Trinajstić information content (AvgIpc) is 2.84. The molecule has 8 nitrogen and oxygen atoms in total. The van der Waals surface area contributed by atoms with Crippen LogP contribution in [0.4, 0.5) is 28.0 Å². The van der Waals surface area contributed by atoms with E-state index in [4.69, 9.17) is 21.4 Å². The van der Waals surface area contributed by atoms with E-state index in [2.05, 4.69) is 5.32 Å². The second-order valence-corrected chi connectivity index (χ2v) is 8.61. The van der Waals surface area contributed by atoms with Crippen molar-refractivity contribution in [2.24, 2.45) is 0 Å². The Hall–Kier alpha value is -3.67. The van der Waals surface area contributed by atoms with Crippen molar-refractivity contribution < 1.29 is 46.6 Å². The lowest BCUT2D eigenvalue weighted by Crippen LogP contribution is -2.56. The number of aliphatic carboxylic acids is 1. The topological polar surface area (TPSA) is 113 Å². The van der Waals surface area contributed by atoms with E-state index in [9.17, 15) is 36.7 Å². The van der Waals surface area contributed by atoms with Crippen LogP contribution < -0.4 is 10.2 Å². The van der Waals surface area contributed by atoms with E-state index in [-0.39, 0.29) is 23.6 Å². The van der Waals surface area contributed by atoms with E-state index in [1.54, 1.807) is 12.1 Å². The summed E-state index contributed by atoms with van der Waals surface area (Å²) in [5.41, 5.74) is 0.184. The summed E-state index contributed by atoms with van der Waals surface area (Å²) in [6, 6.07) is 7.59. The van der Waals surface area contributed by atoms with Crippen LogP contribution >= 0.6 is 11.6 Å². The number of benzene rings is 2. The number of ketones is 1. The maximum atomic E-state index is 13.9. The van der Waals surface area contributed by atoms with E-state index in [1.165, 1.54) is 24.3 Å². The number of hydrogen-bond acceptors (Lipinski definition) is 5. The normalized spacial score (nSPS) is 16.8. The van der Waals surface area contributed by atoms with Gasteiger partial charge < -0.3 is 15.2 Å². The summed E-state index contributed by atoms with van der Waals surface area (Å²) in [6.07, 6.45) is -10.0. The fraction of sp³-hybridized carbons (Fsp3) is 0.333. The number of fused-ring (bicyclic) bond motifs is 1. The fourth-order valence-electron chi connectivity index (χ4n) is 3.95. The predicted octanol–water partition coefficient (Wildman–Crippen LogP) is 4.40. The number of para-hydroxylation sites is 1. The second kappa shape index (κ2) is 11.6. The van der Waals surface area contributed by atoms with Gasteiger partial charge in [0.15, 0.2) is 5.78 Å². The molecule has 3 unspecified atom stereocenters. The number of aryl methyl sites for hydroxylation is 1. The molecule has 2 aromatic carbocycles. The Labute approximate surface area is 213 Å². The summed E-state index contributed by atoms with van der Waals surface area (Å²) in [5.74, 6) is -3.75. The average molecular weight is 545 g/mol. The molecule has 2 N–H and O–H groups in total. The van der Waals surface area contributed by atoms with Crippen molar-refractivity contribution in [1.82, 2.24) is 5.32 Å². The van der Waals surface area contributed by atoms with Gasteiger partial charge in [0.25, 0.3) is 0 Å². The Morgan fingerprint density at radius 2 is 1.84 bits per heavy atom. The largest absolute Gasteiger partial charge is 0.481 e. The quantitative estimate of drug-likeness (QED) is 0.476. The molecule has 37 heavy (non-hydrogen) atoms. The van der Waals surface area contributed by atoms with Crippen LogP contribution in [-0.4, -0.2) is 53.8 Å². The summed E-state index contributed by atoms with van der Waals surface area (Å²) in [6.45, 7) is -1.55. The van der Waals surface area contributed by atoms with Gasteiger partial charge in [-0.2, -0.15) is 13.2 Å². The summed E-state index contributed by atoms with van der Waals surface area (Å²) >= 11 is 5.81. The number of alkyl halides is 4. The van der Waals surface area contributed by atoms with Gasteiger partial charge in [-0.05, 0) is 36.6 Å². The number of anilines is 1. The van der Waals surface area contributed by atoms with Gasteiger partial charge >= 0.3 is 18.2 Å². The molecule has 0 saturated heterocycles. The minimum absolute atomic E-state index is 0.0228. The van der Waals surface area contributed by atoms with Gasteiger partial charge in [-0.3, -0.25) is 19.3 Å². The monoisotopic (exact) mass is 544 g/mol. The number of halogens is 5. The molecule has 3 rings (SSSR count). The molecule has 0 bridgehead atoms. The van der Waals surface area contributed by atoms with Gasteiger partial charge in [0.1, 0.15) is 18.8 Å². The van der Waals surface area contributed by atoms with E-state index in [1.807, 2.05) is 0 Å². The highest BCUT2D eigenvalue weighted by Gasteiger charge is 2.47. The summed E-state index contributed by atoms with van der Waals surface area (Å²) in [7, 11) is 0. The van der Waals surface area contributed by atoms with Crippen LogP contribution in [0.3, 0.4) is 0 Å². The minimum atomic E-state index is -5.03. The van der Waals surface area contributed by atoms with Crippen LogP contribution in [0.15, 0.2) is 48.5 Å². The van der Waals surface area contributed by atoms with Crippen LogP contribution in [0.25, 0.3) is 0 Å². The highest BCUT2D eigenvalue weighted by Crippen LogP contribution is 2.39. The maximum absolute atomic E-state index is 13.9. The van der Waals surface area contributed by atoms with Crippen molar-refractivity contribution in [3.05, 3.63) is 64.7 Å². The smallest absolute Gasteiger partial charge is 0.429 e. The Bertz CT molecular complexity index is 1190. The van der Waals surface area contributed by atoms with Gasteiger partial charge in [-0.25, -0.2) is 9.18 Å². The van der Waals surface area contributed by atoms with E-state index in [0.29, 0.717) is 5.56 Å². The molecular weight excluding hydrogens is 524 g/mol. The molecule has 0 fully saturated rings. The van der Waals surface area contributed by atoms with E-state index >= 15 is 0 Å². The Morgan fingerprint density at radius 3 is 2.46 bits per heavy atom. The molecule has 0 aromatic heterocycles. The summed E-state index contributed by atoms with van der Waals surface area (Å²) in [4.78, 5) is 49.9. The molecule has 3 atom stereocenters. The second-order valence-electron chi connectivity index (χ2n) is 8.17. The first-order valence-corrected chi connectivity index (χ1v) is 11.3. The van der Waals surface area contributed by atoms with Crippen LogP contribution in [0, 0.1) is 0 Å². The predicted molar refractivity (Wildman–Crippen MR) is 123 cm³/mol. The molecular formula is C24H21ClF4N2O6. The highest BCUT2D eigenvalue weighted by atomic mass is 35.5. The first-order valence-electron chi connectivity index (χ1n) is 10.9. The number of carboxylic acids is 1. The first-order chi connectivity index (χ1) is 17.4. The molecule has 0 saturated carbocycles. The van der Waals surface area contributed by atoms with Crippen molar-refractivity contribution in [2.45, 2.75) is 43.6 Å². The van der Waals surface area contributed by atoms with Crippen molar-refractivity contribution in [3.63, 3.8) is 0 Å². The van der Waals surface area contributed by atoms with Crippen LogP contribution in [0.1, 0.15) is 30.1 Å². The molecule has 198 valence electrons. The molecule has 1 aliphatic rings. The van der Waals surface area contributed by atoms with Gasteiger partial charge in [0.05, 0.1) is 12.1 Å². The fourth-order valence-corrected chi connectivity index (χ4v) is 4.15. The third-order valence-electron chi connectivity index (χ3n) is 5.63. The number of Topliss-reactive ketones (excluding diaryl/α,β-unsaturated/α-hetero) is 1. The minimum Gasteiger partial charge on any atom is -0.481 e. The molecule has 1 aliphatic heterocycles. The zero-order valence-electron chi connectivity index (χ0n) is 19.0. The Morgan fingerprint density at radius 1 is 1.14 bits per heavy atom. The third kappa shape index (κ3) is 6.76. The lowest BCUT2D eigenvalue weighted by Gasteiger charge is -2.37. The maximum Gasteiger partial charge on any atom is 0.429 e. The van der Waals surface area contributed by atoms with E-state index in [0.717, 1.165) is 17.0 Å². The molecule has 0 radical (unpaired) electrons. The number of amides is 2. The Balaban J connectivity index is 1.96. The van der Waals surface area contributed by atoms with Crippen molar-refractivity contribution >= 4 is 41.0 Å². The molecule has 2 amide bonds. The number of nitrogens with zero attached hydrogens (tertiary/aromatic N) is 1. The van der Waals surface area contributed by atoms with Crippen molar-refractivity contribution in [2.75, 3.05) is 11.6 Å². The Kier molecular flexibility index (Phi) is 8.74. The third-order valence-corrected chi connectivity index (χ3v) is 5.87. The lowest BCUT2D eigenvalue weighted by atomic mass is 9.95. The van der Waals surface area contributed by atoms with Gasteiger partial charge in [0, 0.05) is 10.6 Å². The van der Waals surface area contributed by atoms with Gasteiger partial charge in [-0.15, -0.1) is 0 Å². The summed E-state index contributed by atoms with van der Waals surface area (Å²) in [5, 5.41) is 11.1. The number of nitrogens with one attached hydrogen (secondary N) is 1. The molecule has 1 heterocycles. The van der Waals surface area contributed by atoms with Crippen LogP contribution in [0.5, 0.6) is 0 Å². The molecule has 2 aromatic rings. The number of carboxylic acid groups (broad SMARTS) is 1. The zero-order valence-corrected chi connectivity index (χ0v) is 19.8. The SMILES string of the molecule is O=C(O)CC(NC(=O)C1CCc2ccccc2N1C(=O)OC(c1cccc(Cl)c1)C(F)(F)F)C(=O)CF. The van der Waals surface area contributed by atoms with E-state index < -0.39 is 66.8 Å². The number of hydrogen-bond donors (Lipinski definition) is 2. The van der Waals surface area contributed by atoms with Gasteiger partial charge in [-0.1, -0.05) is 41.9 Å². The number of ether oxygens (including phenoxy) is 1. The van der Waals surface area contributed by atoms with Crippen LogP contribution in [-0.2, 0) is 25.5 Å². The van der Waals surface area contributed by atoms with Crippen molar-refractivity contribution in [3.8, 4) is 0 Å². The standard InChI is InChI=1S/C24H21ClF4N2O6/c25-15-6-3-5-14(10-15)21(24(27,28)29)37-23(36)31-17-7-2-1-4-13(17)8-9-18(31)22(35)30-16(11-20(33)34)19(32)12-26/h1-7,10,16,18,21H,8-9,11-12H2,(H,30,35)(H,33,34). The zero-order chi connectivity index (χ0) is 27.3. The lowest BCUT2D eigenvalue weighted by molar-refractivity contribution is -0.206. The highest BCUT2D eigenvalue weighted by molar-refractivity contribution is 6.30. The van der Waals surface area contributed by atoms with Crippen LogP contribution in [0.2, 0.25) is 5.02 Å². The molecule has 13 heteroatoms. The number of carbonyl (C=O) groups is 4. The first kappa shape index (κ1) is 27.9. The number of carbonyl (C=O) groups excluding carboxylic acids is 3.